The predicted octanol–water partition coefficient (Wildman–Crippen LogP) is 2.30. The normalized spacial score (nSPS) is 16.6. The Balaban J connectivity index is 1.59. The lowest BCUT2D eigenvalue weighted by atomic mass is 10.2. The highest BCUT2D eigenvalue weighted by atomic mass is 32.2. The minimum absolute atomic E-state index is 0.168. The van der Waals surface area contributed by atoms with Crippen LogP contribution in [0.25, 0.3) is 0 Å². The van der Waals surface area contributed by atoms with Crippen molar-refractivity contribution in [2.75, 3.05) is 18.6 Å². The van der Waals surface area contributed by atoms with Gasteiger partial charge in [-0.15, -0.1) is 0 Å². The molecule has 0 spiro atoms. The smallest absolute Gasteiger partial charge is 0.251 e. The number of rotatable bonds is 6. The number of pyridine rings is 2. The third kappa shape index (κ3) is 4.38. The largest absolute Gasteiger partial charge is 0.481 e. The number of carbonyl (C=O) groups is 1. The molecule has 1 N–H and O–H groups in total. The van der Waals surface area contributed by atoms with Crippen LogP contribution in [0.15, 0.2) is 36.7 Å². The van der Waals surface area contributed by atoms with Gasteiger partial charge in [0.05, 0.1) is 7.11 Å². The number of nitrogens with zero attached hydrogens (tertiary/aromatic N) is 2. The number of methoxy groups -OCH3 is 1. The molecule has 6 nitrogen and oxygen atoms in total. The number of hydrogen-bond acceptors (Lipinski definition) is 6. The molecule has 1 amide bonds. The first-order chi connectivity index (χ1) is 11.7. The van der Waals surface area contributed by atoms with Gasteiger partial charge in [-0.1, -0.05) is 0 Å². The van der Waals surface area contributed by atoms with Crippen molar-refractivity contribution in [2.45, 2.75) is 19.1 Å². The van der Waals surface area contributed by atoms with Crippen molar-refractivity contribution in [3.8, 4) is 11.8 Å². The molecule has 3 rings (SSSR count). The average molecular weight is 345 g/mol. The van der Waals surface area contributed by atoms with Crippen LogP contribution >= 0.6 is 11.8 Å². The van der Waals surface area contributed by atoms with E-state index in [-0.39, 0.29) is 12.0 Å². The van der Waals surface area contributed by atoms with E-state index in [1.165, 1.54) is 0 Å². The minimum atomic E-state index is -0.168. The van der Waals surface area contributed by atoms with Crippen LogP contribution < -0.4 is 14.8 Å². The topological polar surface area (TPSA) is 73.3 Å². The summed E-state index contributed by atoms with van der Waals surface area (Å²) in [5.41, 5.74) is 1.45. The second kappa shape index (κ2) is 8.01. The highest BCUT2D eigenvalue weighted by Crippen LogP contribution is 2.22. The third-order valence-electron chi connectivity index (χ3n) is 3.63. The summed E-state index contributed by atoms with van der Waals surface area (Å²) in [6.07, 6.45) is 4.46. The minimum Gasteiger partial charge on any atom is -0.481 e. The summed E-state index contributed by atoms with van der Waals surface area (Å²) in [6.45, 7) is 0.398. The van der Waals surface area contributed by atoms with Gasteiger partial charge in [-0.2, -0.15) is 11.8 Å². The fraction of sp³-hybridized carbons (Fsp3) is 0.353. The van der Waals surface area contributed by atoms with E-state index in [9.17, 15) is 4.79 Å². The summed E-state index contributed by atoms with van der Waals surface area (Å²) < 4.78 is 10.9. The van der Waals surface area contributed by atoms with Crippen LogP contribution in [0.1, 0.15) is 22.3 Å². The Kier molecular flexibility index (Phi) is 5.53. The van der Waals surface area contributed by atoms with Gasteiger partial charge in [0.1, 0.15) is 6.10 Å². The van der Waals surface area contributed by atoms with Crippen molar-refractivity contribution in [1.29, 1.82) is 0 Å². The summed E-state index contributed by atoms with van der Waals surface area (Å²) in [7, 11) is 1.56. The number of carbonyl (C=O) groups excluding carboxylic acids is 1. The van der Waals surface area contributed by atoms with Crippen LogP contribution in [-0.2, 0) is 6.54 Å². The van der Waals surface area contributed by atoms with E-state index in [0.29, 0.717) is 23.9 Å². The first-order valence-electron chi connectivity index (χ1n) is 7.72. The fourth-order valence-corrected chi connectivity index (χ4v) is 3.44. The molecule has 126 valence electrons. The first kappa shape index (κ1) is 16.6. The van der Waals surface area contributed by atoms with Crippen molar-refractivity contribution in [3.05, 3.63) is 47.8 Å². The van der Waals surface area contributed by atoms with E-state index in [1.54, 1.807) is 37.7 Å². The fourth-order valence-electron chi connectivity index (χ4n) is 2.35. The molecule has 0 saturated carbocycles. The number of ether oxygens (including phenoxy) is 2. The Morgan fingerprint density at radius 2 is 2.12 bits per heavy atom. The van der Waals surface area contributed by atoms with Gasteiger partial charge in [-0.25, -0.2) is 9.97 Å². The van der Waals surface area contributed by atoms with Gasteiger partial charge in [0.2, 0.25) is 11.8 Å². The number of hydrogen-bond donors (Lipinski definition) is 1. The maximum atomic E-state index is 12.3. The van der Waals surface area contributed by atoms with E-state index in [1.807, 2.05) is 17.8 Å². The van der Waals surface area contributed by atoms with Crippen LogP contribution in [0, 0.1) is 0 Å². The van der Waals surface area contributed by atoms with Crippen LogP contribution in [0.5, 0.6) is 11.8 Å². The van der Waals surface area contributed by atoms with Gasteiger partial charge in [0.25, 0.3) is 5.91 Å². The SMILES string of the molecule is COc1cc(CNC(=O)c2ccnc(OC3CCSC3)c2)ccn1. The second-order valence-corrected chi connectivity index (χ2v) is 6.53. The Labute approximate surface area is 145 Å². The van der Waals surface area contributed by atoms with Crippen molar-refractivity contribution < 1.29 is 14.3 Å². The quantitative estimate of drug-likeness (QED) is 0.866. The summed E-state index contributed by atoms with van der Waals surface area (Å²) in [5, 5.41) is 2.88. The number of amides is 1. The molecule has 2 aromatic heterocycles. The van der Waals surface area contributed by atoms with Crippen LogP contribution in [0.3, 0.4) is 0 Å². The molecular weight excluding hydrogens is 326 g/mol. The van der Waals surface area contributed by atoms with Gasteiger partial charge in [-0.05, 0) is 29.9 Å². The van der Waals surface area contributed by atoms with Crippen LogP contribution in [-0.4, -0.2) is 40.6 Å². The Bertz CT molecular complexity index is 705. The highest BCUT2D eigenvalue weighted by molar-refractivity contribution is 7.99. The molecule has 7 heteroatoms. The van der Waals surface area contributed by atoms with E-state index in [4.69, 9.17) is 9.47 Å². The molecule has 0 aliphatic carbocycles. The molecule has 1 saturated heterocycles. The molecule has 0 radical (unpaired) electrons. The van der Waals surface area contributed by atoms with E-state index >= 15 is 0 Å². The molecule has 0 bridgehead atoms. The zero-order chi connectivity index (χ0) is 16.8. The lowest BCUT2D eigenvalue weighted by Gasteiger charge is -2.12. The zero-order valence-corrected chi connectivity index (χ0v) is 14.2. The molecule has 1 atom stereocenters. The maximum Gasteiger partial charge on any atom is 0.251 e. The predicted molar refractivity (Wildman–Crippen MR) is 92.6 cm³/mol. The summed E-state index contributed by atoms with van der Waals surface area (Å²) in [5.74, 6) is 2.94. The molecule has 1 fully saturated rings. The van der Waals surface area contributed by atoms with Crippen molar-refractivity contribution in [1.82, 2.24) is 15.3 Å². The average Bonchev–Trinajstić information content (AvgIpc) is 3.13. The van der Waals surface area contributed by atoms with Gasteiger partial charge in [0, 0.05) is 42.4 Å². The standard InChI is InChI=1S/C17H19N3O3S/c1-22-15-8-12(2-5-18-15)10-20-17(21)13-3-6-19-16(9-13)23-14-4-7-24-11-14/h2-3,5-6,8-9,14H,4,7,10-11H2,1H3,(H,20,21). The molecule has 3 heterocycles. The van der Waals surface area contributed by atoms with E-state index in [2.05, 4.69) is 15.3 Å². The Hall–Kier alpha value is -2.28. The van der Waals surface area contributed by atoms with E-state index < -0.39 is 0 Å². The zero-order valence-electron chi connectivity index (χ0n) is 13.4. The van der Waals surface area contributed by atoms with Crippen molar-refractivity contribution >= 4 is 17.7 Å². The maximum absolute atomic E-state index is 12.3. The van der Waals surface area contributed by atoms with Gasteiger partial charge in [0.15, 0.2) is 0 Å². The molecule has 24 heavy (non-hydrogen) atoms. The van der Waals surface area contributed by atoms with Crippen LogP contribution in [0.4, 0.5) is 0 Å². The lowest BCUT2D eigenvalue weighted by Crippen LogP contribution is -2.23. The Morgan fingerprint density at radius 3 is 2.92 bits per heavy atom. The monoisotopic (exact) mass is 345 g/mol. The van der Waals surface area contributed by atoms with Crippen molar-refractivity contribution in [2.24, 2.45) is 0 Å². The summed E-state index contributed by atoms with van der Waals surface area (Å²) in [4.78, 5) is 20.5. The third-order valence-corrected chi connectivity index (χ3v) is 4.77. The molecule has 0 aromatic carbocycles. The van der Waals surface area contributed by atoms with E-state index in [0.717, 1.165) is 23.5 Å². The Morgan fingerprint density at radius 1 is 1.29 bits per heavy atom. The van der Waals surface area contributed by atoms with Crippen LogP contribution in [0.2, 0.25) is 0 Å². The second-order valence-electron chi connectivity index (χ2n) is 5.38. The molecule has 1 unspecified atom stereocenters. The van der Waals surface area contributed by atoms with Gasteiger partial charge >= 0.3 is 0 Å². The summed E-state index contributed by atoms with van der Waals surface area (Å²) in [6, 6.07) is 6.99. The first-order valence-corrected chi connectivity index (χ1v) is 8.87. The van der Waals surface area contributed by atoms with Gasteiger partial charge in [-0.3, -0.25) is 4.79 Å². The summed E-state index contributed by atoms with van der Waals surface area (Å²) >= 11 is 1.87. The number of aromatic nitrogens is 2. The molecular formula is C17H19N3O3S. The lowest BCUT2D eigenvalue weighted by molar-refractivity contribution is 0.0949. The number of nitrogens with one attached hydrogen (secondary N) is 1. The molecule has 2 aromatic rings. The molecule has 1 aliphatic heterocycles. The van der Waals surface area contributed by atoms with Crippen molar-refractivity contribution in [3.63, 3.8) is 0 Å². The number of thioether (sulfide) groups is 1. The van der Waals surface area contributed by atoms with Gasteiger partial charge < -0.3 is 14.8 Å². The highest BCUT2D eigenvalue weighted by Gasteiger charge is 2.18. The molecule has 1 aliphatic rings.